The second kappa shape index (κ2) is 3.40. The van der Waals surface area contributed by atoms with E-state index in [9.17, 15) is 0 Å². The Morgan fingerprint density at radius 2 is 2.25 bits per heavy atom. The molecule has 48 valence electrons. The average molecular weight is 116 g/mol. The van der Waals surface area contributed by atoms with Crippen LogP contribution < -0.4 is 11.3 Å². The first kappa shape index (κ1) is 7.39. The predicted molar refractivity (Wildman–Crippen MR) is 34.1 cm³/mol. The molecule has 0 saturated heterocycles. The van der Waals surface area contributed by atoms with Gasteiger partial charge in [-0.1, -0.05) is 0 Å². The molecule has 0 radical (unpaired) electrons. The predicted octanol–water partition coefficient (Wildman–Crippen LogP) is -0.655. The summed E-state index contributed by atoms with van der Waals surface area (Å²) in [5, 5.41) is 1.35. The summed E-state index contributed by atoms with van der Waals surface area (Å²) in [5.41, 5.74) is 2.75. The Morgan fingerprint density at radius 1 is 1.75 bits per heavy atom. The van der Waals surface area contributed by atoms with Crippen LogP contribution in [0, 0.1) is 0 Å². The maximum atomic E-state index is 5.21. The van der Waals surface area contributed by atoms with Gasteiger partial charge in [-0.15, -0.1) is 0 Å². The molecule has 4 nitrogen and oxygen atoms in total. The van der Waals surface area contributed by atoms with Crippen LogP contribution >= 0.6 is 0 Å². The van der Waals surface area contributed by atoms with Crippen LogP contribution in [0.4, 0.5) is 0 Å². The standard InChI is InChI=1S/C4H12N4/c1-4(6-2)7-8(3)5/h5H2,1-3H3,(H,6,7). The minimum atomic E-state index is 0.801. The van der Waals surface area contributed by atoms with E-state index in [2.05, 4.69) is 10.4 Å². The zero-order valence-electron chi connectivity index (χ0n) is 5.47. The van der Waals surface area contributed by atoms with E-state index in [1.165, 1.54) is 5.12 Å². The Labute approximate surface area is 49.3 Å². The molecule has 0 heterocycles. The van der Waals surface area contributed by atoms with Crippen LogP contribution in [0.5, 0.6) is 0 Å². The van der Waals surface area contributed by atoms with Crippen LogP contribution in [0.1, 0.15) is 6.92 Å². The highest BCUT2D eigenvalue weighted by Gasteiger charge is 1.85. The van der Waals surface area contributed by atoms with Crippen molar-refractivity contribution in [1.29, 1.82) is 0 Å². The third kappa shape index (κ3) is 3.58. The van der Waals surface area contributed by atoms with E-state index in [-0.39, 0.29) is 0 Å². The SMILES string of the molecule is CN=C(C)NN(C)N. The molecule has 4 heteroatoms. The Bertz CT molecular complexity index is 86.0. The van der Waals surface area contributed by atoms with Crippen molar-refractivity contribution in [2.75, 3.05) is 14.1 Å². The van der Waals surface area contributed by atoms with Gasteiger partial charge in [0, 0.05) is 14.1 Å². The smallest absolute Gasteiger partial charge is 0.108 e. The zero-order valence-corrected chi connectivity index (χ0v) is 5.47. The van der Waals surface area contributed by atoms with E-state index in [0.717, 1.165) is 5.84 Å². The van der Waals surface area contributed by atoms with Gasteiger partial charge in [0.25, 0.3) is 0 Å². The Balaban J connectivity index is 3.39. The summed E-state index contributed by atoms with van der Waals surface area (Å²) < 4.78 is 0. The van der Waals surface area contributed by atoms with Gasteiger partial charge in [0.15, 0.2) is 0 Å². The van der Waals surface area contributed by atoms with Gasteiger partial charge in [0.2, 0.25) is 0 Å². The number of nitrogens with two attached hydrogens (primary N) is 1. The van der Waals surface area contributed by atoms with Crippen molar-refractivity contribution in [1.82, 2.24) is 10.5 Å². The molecule has 0 amide bonds. The second-order valence-electron chi connectivity index (χ2n) is 1.53. The van der Waals surface area contributed by atoms with Gasteiger partial charge in [-0.3, -0.25) is 16.3 Å². The van der Waals surface area contributed by atoms with Crippen molar-refractivity contribution in [3.05, 3.63) is 0 Å². The maximum Gasteiger partial charge on any atom is 0.108 e. The minimum absolute atomic E-state index is 0.801. The number of nitrogens with zero attached hydrogens (tertiary/aromatic N) is 2. The van der Waals surface area contributed by atoms with Gasteiger partial charge in [0.05, 0.1) is 0 Å². The molecule has 0 aromatic carbocycles. The molecule has 0 bridgehead atoms. The number of hydrogen-bond acceptors (Lipinski definition) is 3. The zero-order chi connectivity index (χ0) is 6.57. The quantitative estimate of drug-likeness (QED) is 0.207. The van der Waals surface area contributed by atoms with Crippen molar-refractivity contribution >= 4 is 5.84 Å². The lowest BCUT2D eigenvalue weighted by molar-refractivity contribution is 0.303. The molecule has 0 aliphatic carbocycles. The van der Waals surface area contributed by atoms with E-state index < -0.39 is 0 Å². The van der Waals surface area contributed by atoms with Crippen molar-refractivity contribution in [3.63, 3.8) is 0 Å². The molecule has 0 unspecified atom stereocenters. The van der Waals surface area contributed by atoms with Gasteiger partial charge in [-0.05, 0) is 6.92 Å². The Morgan fingerprint density at radius 3 is 2.38 bits per heavy atom. The first-order valence-corrected chi connectivity index (χ1v) is 2.35. The number of nitrogens with one attached hydrogen (secondary N) is 1. The summed E-state index contributed by atoms with van der Waals surface area (Å²) in [6, 6.07) is 0. The van der Waals surface area contributed by atoms with Crippen molar-refractivity contribution in [2.24, 2.45) is 10.8 Å². The van der Waals surface area contributed by atoms with E-state index in [1.54, 1.807) is 14.1 Å². The van der Waals surface area contributed by atoms with Gasteiger partial charge in [0.1, 0.15) is 5.84 Å². The molecule has 0 spiro atoms. The first-order chi connectivity index (χ1) is 3.66. The second-order valence-corrected chi connectivity index (χ2v) is 1.53. The highest BCUT2D eigenvalue weighted by Crippen LogP contribution is 1.65. The van der Waals surface area contributed by atoms with Crippen molar-refractivity contribution in [3.8, 4) is 0 Å². The summed E-state index contributed by atoms with van der Waals surface area (Å²) in [4.78, 5) is 3.81. The Hall–Kier alpha value is -0.610. The topological polar surface area (TPSA) is 53.7 Å². The van der Waals surface area contributed by atoms with E-state index in [4.69, 9.17) is 5.84 Å². The van der Waals surface area contributed by atoms with E-state index in [0.29, 0.717) is 0 Å². The molecule has 0 saturated carbocycles. The molecule has 0 atom stereocenters. The fraction of sp³-hybridized carbons (Fsp3) is 0.750. The largest absolute Gasteiger partial charge is 0.294 e. The monoisotopic (exact) mass is 116 g/mol. The fourth-order valence-corrected chi connectivity index (χ4v) is 0.305. The number of rotatable bonds is 1. The molecule has 8 heavy (non-hydrogen) atoms. The summed E-state index contributed by atoms with van der Waals surface area (Å²) in [6.07, 6.45) is 0. The molecular weight excluding hydrogens is 104 g/mol. The molecule has 0 aromatic heterocycles. The van der Waals surface area contributed by atoms with Gasteiger partial charge in [-0.2, -0.15) is 5.12 Å². The Kier molecular flexibility index (Phi) is 3.14. The normalized spacial score (nSPS) is 12.4. The van der Waals surface area contributed by atoms with Crippen LogP contribution in [0.15, 0.2) is 4.99 Å². The van der Waals surface area contributed by atoms with Crippen LogP contribution in [-0.4, -0.2) is 25.0 Å². The minimum Gasteiger partial charge on any atom is -0.294 e. The summed E-state index contributed by atoms with van der Waals surface area (Å²) in [7, 11) is 3.40. The van der Waals surface area contributed by atoms with Crippen molar-refractivity contribution in [2.45, 2.75) is 6.92 Å². The van der Waals surface area contributed by atoms with Crippen LogP contribution in [0.25, 0.3) is 0 Å². The van der Waals surface area contributed by atoms with Crippen LogP contribution in [0.3, 0.4) is 0 Å². The van der Waals surface area contributed by atoms with Gasteiger partial charge >= 0.3 is 0 Å². The van der Waals surface area contributed by atoms with E-state index >= 15 is 0 Å². The molecule has 0 rings (SSSR count). The lowest BCUT2D eigenvalue weighted by atomic mass is 10.7. The number of amidine groups is 1. The number of hydrazine groups is 2. The third-order valence-corrected chi connectivity index (χ3v) is 0.674. The van der Waals surface area contributed by atoms with Gasteiger partial charge < -0.3 is 0 Å². The molecule has 0 aromatic rings. The van der Waals surface area contributed by atoms with Crippen LogP contribution in [-0.2, 0) is 0 Å². The average Bonchev–Trinajstić information content (AvgIpc) is 1.65. The first-order valence-electron chi connectivity index (χ1n) is 2.35. The summed E-state index contributed by atoms with van der Waals surface area (Å²) >= 11 is 0. The van der Waals surface area contributed by atoms with E-state index in [1.807, 2.05) is 6.92 Å². The molecule has 3 N–H and O–H groups in total. The molecule has 0 fully saturated rings. The summed E-state index contributed by atoms with van der Waals surface area (Å²) in [5.74, 6) is 6.01. The lowest BCUT2D eigenvalue weighted by Crippen LogP contribution is -2.42. The molecule has 0 aliphatic heterocycles. The number of aliphatic imine (C=N–C) groups is 1. The fourth-order valence-electron chi connectivity index (χ4n) is 0.305. The summed E-state index contributed by atoms with van der Waals surface area (Å²) in [6.45, 7) is 1.84. The van der Waals surface area contributed by atoms with Crippen molar-refractivity contribution < 1.29 is 0 Å². The molecule has 0 aliphatic rings. The van der Waals surface area contributed by atoms with Gasteiger partial charge in [-0.25, -0.2) is 0 Å². The number of hydrogen-bond donors (Lipinski definition) is 2. The molecular formula is C4H12N4. The highest BCUT2D eigenvalue weighted by atomic mass is 15.7. The highest BCUT2D eigenvalue weighted by molar-refractivity contribution is 5.78. The maximum absolute atomic E-state index is 5.21. The third-order valence-electron chi connectivity index (χ3n) is 0.674. The lowest BCUT2D eigenvalue weighted by Gasteiger charge is -2.10. The van der Waals surface area contributed by atoms with Crippen LogP contribution in [0.2, 0.25) is 0 Å².